The number of aryl methyl sites for hydroxylation is 1. The number of rotatable bonds is 7. The van der Waals surface area contributed by atoms with Gasteiger partial charge in [0.1, 0.15) is 10.8 Å². The highest BCUT2D eigenvalue weighted by atomic mass is 32.2. The van der Waals surface area contributed by atoms with Crippen molar-refractivity contribution < 1.29 is 17.9 Å². The Hall–Kier alpha value is -2.62. The molecule has 0 fully saturated rings. The van der Waals surface area contributed by atoms with E-state index in [0.717, 1.165) is 31.5 Å². The SMILES string of the molecule is COc1ccc2nc(SCC(=O)Nc3ccc(S(=O)(=O)N(C)C)cc3)c(C)cc2c1. The lowest BCUT2D eigenvalue weighted by Gasteiger charge is -2.12. The molecule has 0 aliphatic heterocycles. The largest absolute Gasteiger partial charge is 0.497 e. The summed E-state index contributed by atoms with van der Waals surface area (Å²) in [5, 5.41) is 4.55. The molecular formula is C21H23N3O4S2. The molecule has 3 aromatic rings. The summed E-state index contributed by atoms with van der Waals surface area (Å²) in [5.41, 5.74) is 2.35. The van der Waals surface area contributed by atoms with E-state index in [-0.39, 0.29) is 16.6 Å². The number of nitrogens with zero attached hydrogens (tertiary/aromatic N) is 2. The topological polar surface area (TPSA) is 88.6 Å². The summed E-state index contributed by atoms with van der Waals surface area (Å²) in [6, 6.07) is 13.8. The molecule has 0 unspecified atom stereocenters. The van der Waals surface area contributed by atoms with Crippen molar-refractivity contribution in [1.82, 2.24) is 9.29 Å². The number of hydrogen-bond acceptors (Lipinski definition) is 6. The fourth-order valence-electron chi connectivity index (χ4n) is 2.77. The number of nitrogens with one attached hydrogen (secondary N) is 1. The third-order valence-corrected chi connectivity index (χ3v) is 7.35. The summed E-state index contributed by atoms with van der Waals surface area (Å²) in [7, 11) is 1.08. The molecule has 0 aliphatic carbocycles. The number of ether oxygens (including phenoxy) is 1. The molecule has 1 N–H and O–H groups in total. The van der Waals surface area contributed by atoms with Crippen molar-refractivity contribution in [2.75, 3.05) is 32.3 Å². The molecule has 3 rings (SSSR count). The van der Waals surface area contributed by atoms with Crippen LogP contribution in [0.4, 0.5) is 5.69 Å². The molecule has 0 aliphatic rings. The molecule has 0 bridgehead atoms. The molecule has 0 saturated heterocycles. The Labute approximate surface area is 180 Å². The van der Waals surface area contributed by atoms with Gasteiger partial charge in [-0.3, -0.25) is 4.79 Å². The van der Waals surface area contributed by atoms with E-state index in [9.17, 15) is 13.2 Å². The molecule has 158 valence electrons. The fourth-order valence-corrected chi connectivity index (χ4v) is 4.46. The Morgan fingerprint density at radius 1 is 1.13 bits per heavy atom. The van der Waals surface area contributed by atoms with E-state index >= 15 is 0 Å². The normalized spacial score (nSPS) is 11.6. The number of carbonyl (C=O) groups is 1. The molecule has 1 aromatic heterocycles. The van der Waals surface area contributed by atoms with Gasteiger partial charge in [0.15, 0.2) is 0 Å². The predicted octanol–water partition coefficient (Wildman–Crippen LogP) is 3.53. The second kappa shape index (κ2) is 9.03. The second-order valence-electron chi connectivity index (χ2n) is 6.82. The Morgan fingerprint density at radius 2 is 1.83 bits per heavy atom. The first kappa shape index (κ1) is 22.1. The highest BCUT2D eigenvalue weighted by molar-refractivity contribution is 8.00. The molecule has 1 amide bonds. The quantitative estimate of drug-likeness (QED) is 0.560. The van der Waals surface area contributed by atoms with Crippen LogP contribution in [0.5, 0.6) is 5.75 Å². The van der Waals surface area contributed by atoms with Crippen LogP contribution in [0.25, 0.3) is 10.9 Å². The molecule has 7 nitrogen and oxygen atoms in total. The Bertz CT molecular complexity index is 1180. The Morgan fingerprint density at radius 3 is 2.47 bits per heavy atom. The van der Waals surface area contributed by atoms with E-state index in [1.54, 1.807) is 19.2 Å². The maximum Gasteiger partial charge on any atom is 0.242 e. The van der Waals surface area contributed by atoms with E-state index in [1.807, 2.05) is 31.2 Å². The summed E-state index contributed by atoms with van der Waals surface area (Å²) in [5.74, 6) is 0.764. The van der Waals surface area contributed by atoms with Crippen molar-refractivity contribution in [3.63, 3.8) is 0 Å². The first-order chi connectivity index (χ1) is 14.2. The van der Waals surface area contributed by atoms with Crippen LogP contribution >= 0.6 is 11.8 Å². The number of benzene rings is 2. The van der Waals surface area contributed by atoms with Gasteiger partial charge in [-0.2, -0.15) is 0 Å². The minimum Gasteiger partial charge on any atom is -0.497 e. The number of pyridine rings is 1. The zero-order valence-electron chi connectivity index (χ0n) is 17.2. The van der Waals surface area contributed by atoms with E-state index in [2.05, 4.69) is 10.3 Å². The maximum atomic E-state index is 12.3. The molecule has 30 heavy (non-hydrogen) atoms. The average molecular weight is 446 g/mol. The predicted molar refractivity (Wildman–Crippen MR) is 120 cm³/mol. The van der Waals surface area contributed by atoms with Crippen LogP contribution in [0.2, 0.25) is 0 Å². The van der Waals surface area contributed by atoms with Crippen LogP contribution < -0.4 is 10.1 Å². The van der Waals surface area contributed by atoms with Crippen LogP contribution in [-0.2, 0) is 14.8 Å². The van der Waals surface area contributed by atoms with Gasteiger partial charge in [-0.15, -0.1) is 0 Å². The smallest absolute Gasteiger partial charge is 0.242 e. The van der Waals surface area contributed by atoms with Gasteiger partial charge in [0, 0.05) is 25.2 Å². The van der Waals surface area contributed by atoms with E-state index in [4.69, 9.17) is 4.74 Å². The van der Waals surface area contributed by atoms with Gasteiger partial charge in [-0.05, 0) is 61.0 Å². The van der Waals surface area contributed by atoms with Crippen molar-refractivity contribution in [3.8, 4) is 5.75 Å². The number of amides is 1. The van der Waals surface area contributed by atoms with Crippen LogP contribution in [0.3, 0.4) is 0 Å². The average Bonchev–Trinajstić information content (AvgIpc) is 2.72. The van der Waals surface area contributed by atoms with Crippen molar-refractivity contribution in [1.29, 1.82) is 0 Å². The number of anilines is 1. The standard InChI is InChI=1S/C21H23N3O4S2/c1-14-11-15-12-17(28-4)7-10-19(15)23-21(14)29-13-20(25)22-16-5-8-18(9-6-16)30(26,27)24(2)3/h5-12H,13H2,1-4H3,(H,22,25). The lowest BCUT2D eigenvalue weighted by molar-refractivity contribution is -0.113. The molecule has 2 aromatic carbocycles. The zero-order chi connectivity index (χ0) is 21.9. The highest BCUT2D eigenvalue weighted by Crippen LogP contribution is 2.27. The van der Waals surface area contributed by atoms with Crippen LogP contribution in [-0.4, -0.2) is 50.6 Å². The molecule has 0 saturated carbocycles. The van der Waals surface area contributed by atoms with Crippen LogP contribution in [0.1, 0.15) is 5.56 Å². The van der Waals surface area contributed by atoms with Gasteiger partial charge in [-0.1, -0.05) is 11.8 Å². The molecule has 0 atom stereocenters. The van der Waals surface area contributed by atoms with Gasteiger partial charge < -0.3 is 10.1 Å². The third kappa shape index (κ3) is 4.92. The summed E-state index contributed by atoms with van der Waals surface area (Å²) in [6.07, 6.45) is 0. The Kier molecular flexibility index (Phi) is 6.64. The fraction of sp³-hybridized carbons (Fsp3) is 0.238. The lowest BCUT2D eigenvalue weighted by atomic mass is 10.1. The van der Waals surface area contributed by atoms with Gasteiger partial charge in [0.25, 0.3) is 0 Å². The van der Waals surface area contributed by atoms with E-state index < -0.39 is 10.0 Å². The molecule has 0 radical (unpaired) electrons. The second-order valence-corrected chi connectivity index (χ2v) is 9.93. The van der Waals surface area contributed by atoms with Crippen LogP contribution in [0.15, 0.2) is 58.5 Å². The molecule has 0 spiro atoms. The first-order valence-electron chi connectivity index (χ1n) is 9.11. The third-order valence-electron chi connectivity index (χ3n) is 4.42. The number of methoxy groups -OCH3 is 1. The monoisotopic (exact) mass is 445 g/mol. The number of sulfonamides is 1. The van der Waals surface area contributed by atoms with E-state index in [0.29, 0.717) is 5.69 Å². The number of thioether (sulfide) groups is 1. The van der Waals surface area contributed by atoms with E-state index in [1.165, 1.54) is 38.0 Å². The summed E-state index contributed by atoms with van der Waals surface area (Å²) in [6.45, 7) is 1.95. The summed E-state index contributed by atoms with van der Waals surface area (Å²) >= 11 is 1.35. The summed E-state index contributed by atoms with van der Waals surface area (Å²) < 4.78 is 30.6. The minimum absolute atomic E-state index is 0.174. The summed E-state index contributed by atoms with van der Waals surface area (Å²) in [4.78, 5) is 17.1. The minimum atomic E-state index is -3.50. The van der Waals surface area contributed by atoms with Crippen LogP contribution in [0, 0.1) is 6.92 Å². The number of fused-ring (bicyclic) bond motifs is 1. The van der Waals surface area contributed by atoms with Crippen molar-refractivity contribution in [2.45, 2.75) is 16.8 Å². The number of hydrogen-bond donors (Lipinski definition) is 1. The lowest BCUT2D eigenvalue weighted by Crippen LogP contribution is -2.22. The van der Waals surface area contributed by atoms with Gasteiger partial charge in [0.2, 0.25) is 15.9 Å². The zero-order valence-corrected chi connectivity index (χ0v) is 18.8. The highest BCUT2D eigenvalue weighted by Gasteiger charge is 2.17. The molecular weight excluding hydrogens is 422 g/mol. The number of aromatic nitrogens is 1. The van der Waals surface area contributed by atoms with Gasteiger partial charge >= 0.3 is 0 Å². The van der Waals surface area contributed by atoms with Crippen molar-refractivity contribution in [3.05, 3.63) is 54.1 Å². The molecule has 9 heteroatoms. The van der Waals surface area contributed by atoms with Gasteiger partial charge in [-0.25, -0.2) is 17.7 Å². The first-order valence-corrected chi connectivity index (χ1v) is 11.5. The maximum absolute atomic E-state index is 12.3. The Balaban J connectivity index is 1.65. The van der Waals surface area contributed by atoms with Crippen molar-refractivity contribution in [2.24, 2.45) is 0 Å². The van der Waals surface area contributed by atoms with Crippen molar-refractivity contribution >= 4 is 44.3 Å². The van der Waals surface area contributed by atoms with Gasteiger partial charge in [0.05, 0.1) is 23.3 Å². The molecule has 1 heterocycles. The number of carbonyl (C=O) groups excluding carboxylic acids is 1.